The maximum atomic E-state index is 10.8. The van der Waals surface area contributed by atoms with Crippen LogP contribution in [-0.4, -0.2) is 5.97 Å². The van der Waals surface area contributed by atoms with E-state index >= 15 is 0 Å². The van der Waals surface area contributed by atoms with Gasteiger partial charge in [-0.25, -0.2) is 0 Å². The third-order valence-corrected chi connectivity index (χ3v) is 2.63. The number of rotatable bonds is 3. The van der Waals surface area contributed by atoms with Crippen molar-refractivity contribution in [3.05, 3.63) is 29.8 Å². The molecule has 0 saturated heterocycles. The van der Waals surface area contributed by atoms with Gasteiger partial charge in [0.2, 0.25) is 0 Å². The number of benzene rings is 1. The van der Waals surface area contributed by atoms with Crippen LogP contribution in [0.25, 0.3) is 0 Å². The number of esters is 1. The Hall–Kier alpha value is -1.06. The monoisotopic (exact) mass is 241 g/mol. The summed E-state index contributed by atoms with van der Waals surface area (Å²) in [6.45, 7) is 1.40. The summed E-state index contributed by atoms with van der Waals surface area (Å²) in [7, 11) is 0. The molecule has 88 valence electrons. The Morgan fingerprint density at radius 2 is 2.19 bits per heavy atom. The average Bonchev–Trinajstić information content (AvgIpc) is 2.99. The largest absolute Gasteiger partial charge is 0.427 e. The molecule has 1 saturated carbocycles. The summed E-state index contributed by atoms with van der Waals surface area (Å²) < 4.78 is 5.01. The van der Waals surface area contributed by atoms with Crippen molar-refractivity contribution in [1.29, 1.82) is 0 Å². The molecule has 0 aliphatic heterocycles. The molecule has 2 rings (SSSR count). The fraction of sp³-hybridized carbons (Fsp3) is 0.417. The molecule has 0 spiro atoms. The van der Waals surface area contributed by atoms with Crippen molar-refractivity contribution in [1.82, 2.24) is 0 Å². The molecule has 3 nitrogen and oxygen atoms in total. The summed E-state index contributed by atoms with van der Waals surface area (Å²) in [4.78, 5) is 10.8. The first-order valence-electron chi connectivity index (χ1n) is 5.21. The van der Waals surface area contributed by atoms with Crippen LogP contribution in [0.5, 0.6) is 5.75 Å². The van der Waals surface area contributed by atoms with E-state index in [9.17, 15) is 4.79 Å². The number of carbonyl (C=O) groups excluding carboxylic acids is 1. The Morgan fingerprint density at radius 1 is 1.50 bits per heavy atom. The van der Waals surface area contributed by atoms with Crippen molar-refractivity contribution in [2.45, 2.75) is 25.8 Å². The van der Waals surface area contributed by atoms with E-state index in [0.29, 0.717) is 11.7 Å². The predicted octanol–water partition coefficient (Wildman–Crippen LogP) is 2.44. The standard InChI is InChI=1S/C12H15NO2.ClH/c1-8(14)15-11-4-2-3-10(7-11)12(13)9-5-6-9;/h2-4,7,9,12H,5-6,13H2,1H3;1H/t12-;/m1./s1. The minimum Gasteiger partial charge on any atom is -0.427 e. The SMILES string of the molecule is CC(=O)Oc1cccc([C@H](N)C2CC2)c1.Cl. The van der Waals surface area contributed by atoms with E-state index in [1.54, 1.807) is 6.07 Å². The second-order valence-electron chi connectivity index (χ2n) is 4.03. The fourth-order valence-electron chi connectivity index (χ4n) is 1.68. The molecule has 0 amide bonds. The topological polar surface area (TPSA) is 52.3 Å². The normalized spacial score (nSPS) is 16.1. The molecule has 0 radical (unpaired) electrons. The Kier molecular flexibility index (Phi) is 4.33. The highest BCUT2D eigenvalue weighted by Crippen LogP contribution is 2.39. The highest BCUT2D eigenvalue weighted by molar-refractivity contribution is 5.85. The van der Waals surface area contributed by atoms with Crippen LogP contribution in [0.1, 0.15) is 31.4 Å². The van der Waals surface area contributed by atoms with Gasteiger partial charge in [0.15, 0.2) is 0 Å². The van der Waals surface area contributed by atoms with Gasteiger partial charge in [-0.1, -0.05) is 12.1 Å². The lowest BCUT2D eigenvalue weighted by molar-refractivity contribution is -0.131. The molecule has 4 heteroatoms. The van der Waals surface area contributed by atoms with Gasteiger partial charge >= 0.3 is 5.97 Å². The molecule has 0 unspecified atom stereocenters. The zero-order valence-corrected chi connectivity index (χ0v) is 10.00. The number of halogens is 1. The van der Waals surface area contributed by atoms with E-state index < -0.39 is 0 Å². The second kappa shape index (κ2) is 5.32. The van der Waals surface area contributed by atoms with Gasteiger partial charge in [-0.2, -0.15) is 0 Å². The Morgan fingerprint density at radius 3 is 2.75 bits per heavy atom. The van der Waals surface area contributed by atoms with E-state index in [-0.39, 0.29) is 24.4 Å². The highest BCUT2D eigenvalue weighted by atomic mass is 35.5. The van der Waals surface area contributed by atoms with E-state index in [2.05, 4.69) is 0 Å². The molecule has 16 heavy (non-hydrogen) atoms. The van der Waals surface area contributed by atoms with Gasteiger partial charge in [0.1, 0.15) is 5.75 Å². The molecular formula is C12H16ClNO2. The lowest BCUT2D eigenvalue weighted by Gasteiger charge is -2.11. The maximum Gasteiger partial charge on any atom is 0.308 e. The van der Waals surface area contributed by atoms with Crippen LogP contribution in [0.2, 0.25) is 0 Å². The van der Waals surface area contributed by atoms with Crippen LogP contribution in [0.4, 0.5) is 0 Å². The zero-order chi connectivity index (χ0) is 10.8. The van der Waals surface area contributed by atoms with Crippen molar-refractivity contribution in [3.63, 3.8) is 0 Å². The quantitative estimate of drug-likeness (QED) is 0.653. The molecule has 1 fully saturated rings. The first-order valence-corrected chi connectivity index (χ1v) is 5.21. The molecule has 2 N–H and O–H groups in total. The van der Waals surface area contributed by atoms with E-state index in [4.69, 9.17) is 10.5 Å². The molecule has 1 atom stereocenters. The molecule has 0 aromatic heterocycles. The Bertz CT molecular complexity index is 377. The van der Waals surface area contributed by atoms with Gasteiger partial charge in [-0.05, 0) is 36.5 Å². The molecule has 1 aliphatic carbocycles. The summed E-state index contributed by atoms with van der Waals surface area (Å²) >= 11 is 0. The summed E-state index contributed by atoms with van der Waals surface area (Å²) in [5, 5.41) is 0. The number of hydrogen-bond donors (Lipinski definition) is 1. The van der Waals surface area contributed by atoms with Crippen molar-refractivity contribution in [2.75, 3.05) is 0 Å². The zero-order valence-electron chi connectivity index (χ0n) is 9.18. The van der Waals surface area contributed by atoms with Crippen LogP contribution in [0.3, 0.4) is 0 Å². The third kappa shape index (κ3) is 3.22. The molecule has 0 heterocycles. The second-order valence-corrected chi connectivity index (χ2v) is 4.03. The van der Waals surface area contributed by atoms with Crippen molar-refractivity contribution in [3.8, 4) is 5.75 Å². The van der Waals surface area contributed by atoms with E-state index in [1.807, 2.05) is 18.2 Å². The fourth-order valence-corrected chi connectivity index (χ4v) is 1.68. The molecular weight excluding hydrogens is 226 g/mol. The summed E-state index contributed by atoms with van der Waals surface area (Å²) in [5.41, 5.74) is 7.11. The molecule has 1 aromatic rings. The molecule has 0 bridgehead atoms. The van der Waals surface area contributed by atoms with Crippen LogP contribution in [-0.2, 0) is 4.79 Å². The number of hydrogen-bond acceptors (Lipinski definition) is 3. The number of carbonyl (C=O) groups is 1. The summed E-state index contributed by atoms with van der Waals surface area (Å²) in [5.74, 6) is 0.890. The number of nitrogens with two attached hydrogens (primary N) is 1. The van der Waals surface area contributed by atoms with Gasteiger partial charge in [0.25, 0.3) is 0 Å². The minimum atomic E-state index is -0.299. The third-order valence-electron chi connectivity index (χ3n) is 2.63. The van der Waals surface area contributed by atoms with Gasteiger partial charge in [0.05, 0.1) is 0 Å². The van der Waals surface area contributed by atoms with Gasteiger partial charge in [-0.3, -0.25) is 4.79 Å². The van der Waals surface area contributed by atoms with Gasteiger partial charge < -0.3 is 10.5 Å². The minimum absolute atomic E-state index is 0. The van der Waals surface area contributed by atoms with Crippen LogP contribution < -0.4 is 10.5 Å². The average molecular weight is 242 g/mol. The van der Waals surface area contributed by atoms with E-state index in [1.165, 1.54) is 19.8 Å². The van der Waals surface area contributed by atoms with Crippen LogP contribution >= 0.6 is 12.4 Å². The van der Waals surface area contributed by atoms with Crippen molar-refractivity contribution < 1.29 is 9.53 Å². The first kappa shape index (κ1) is 13.0. The predicted molar refractivity (Wildman–Crippen MR) is 64.7 cm³/mol. The van der Waals surface area contributed by atoms with Crippen molar-refractivity contribution >= 4 is 18.4 Å². The Labute approximate surface area is 101 Å². The number of ether oxygens (including phenoxy) is 1. The van der Waals surface area contributed by atoms with Gasteiger partial charge in [0, 0.05) is 13.0 Å². The lowest BCUT2D eigenvalue weighted by atomic mass is 10.0. The maximum absolute atomic E-state index is 10.8. The summed E-state index contributed by atoms with van der Waals surface area (Å²) in [6.07, 6.45) is 2.41. The van der Waals surface area contributed by atoms with E-state index in [0.717, 1.165) is 5.56 Å². The molecule has 1 aliphatic rings. The Balaban J connectivity index is 0.00000128. The van der Waals surface area contributed by atoms with Crippen LogP contribution in [0, 0.1) is 5.92 Å². The smallest absolute Gasteiger partial charge is 0.308 e. The molecule has 1 aromatic carbocycles. The highest BCUT2D eigenvalue weighted by Gasteiger charge is 2.29. The van der Waals surface area contributed by atoms with Crippen LogP contribution in [0.15, 0.2) is 24.3 Å². The van der Waals surface area contributed by atoms with Gasteiger partial charge in [-0.15, -0.1) is 12.4 Å². The van der Waals surface area contributed by atoms with Crippen molar-refractivity contribution in [2.24, 2.45) is 11.7 Å². The first-order chi connectivity index (χ1) is 7.16. The summed E-state index contributed by atoms with van der Waals surface area (Å²) in [6, 6.07) is 7.56. The lowest BCUT2D eigenvalue weighted by Crippen LogP contribution is -2.12.